The first-order chi connectivity index (χ1) is 13.5. The number of nitrogens with one attached hydrogen (secondary N) is 1. The SMILES string of the molecule is Cc1ccc2c(C3=C(c4cn(C)c5ccccc45)C(=O)NC3=O)cn(C)c2c1. The molecule has 5 rings (SSSR count). The average molecular weight is 369 g/mol. The van der Waals surface area contributed by atoms with E-state index in [4.69, 9.17) is 0 Å². The largest absolute Gasteiger partial charge is 0.350 e. The minimum Gasteiger partial charge on any atom is -0.350 e. The van der Waals surface area contributed by atoms with E-state index in [0.29, 0.717) is 11.1 Å². The highest BCUT2D eigenvalue weighted by molar-refractivity contribution is 6.50. The highest BCUT2D eigenvalue weighted by Gasteiger charge is 2.35. The van der Waals surface area contributed by atoms with Crippen molar-refractivity contribution in [2.24, 2.45) is 14.1 Å². The zero-order chi connectivity index (χ0) is 19.6. The highest BCUT2D eigenvalue weighted by Crippen LogP contribution is 2.38. The Labute approximate surface area is 161 Å². The van der Waals surface area contributed by atoms with Gasteiger partial charge < -0.3 is 9.13 Å². The van der Waals surface area contributed by atoms with Gasteiger partial charge in [0, 0.05) is 59.4 Å². The third-order valence-corrected chi connectivity index (χ3v) is 5.51. The fraction of sp³-hybridized carbons (Fsp3) is 0.130. The maximum absolute atomic E-state index is 12.8. The van der Waals surface area contributed by atoms with Gasteiger partial charge in [0.15, 0.2) is 0 Å². The third-order valence-electron chi connectivity index (χ3n) is 5.51. The predicted octanol–water partition coefficient (Wildman–Crippen LogP) is 3.55. The van der Waals surface area contributed by atoms with Gasteiger partial charge in [0.1, 0.15) is 0 Å². The standard InChI is InChI=1S/C23H19N3O2/c1-13-8-9-15-17(12-26(3)19(15)10-13)21-20(22(27)24-23(21)28)16-11-25(2)18-7-5-4-6-14(16)18/h4-12H,1-3H3,(H,24,27,28). The molecule has 0 saturated carbocycles. The summed E-state index contributed by atoms with van der Waals surface area (Å²) in [5, 5.41) is 4.42. The molecule has 1 aliphatic heterocycles. The topological polar surface area (TPSA) is 56.0 Å². The van der Waals surface area contributed by atoms with Crippen molar-refractivity contribution in [3.8, 4) is 0 Å². The number of amides is 2. The summed E-state index contributed by atoms with van der Waals surface area (Å²) in [6.45, 7) is 2.04. The molecular formula is C23H19N3O2. The van der Waals surface area contributed by atoms with Gasteiger partial charge in [-0.25, -0.2) is 0 Å². The van der Waals surface area contributed by atoms with E-state index in [1.54, 1.807) is 0 Å². The van der Waals surface area contributed by atoms with Gasteiger partial charge in [0.05, 0.1) is 11.1 Å². The molecule has 0 bridgehead atoms. The molecule has 0 fully saturated rings. The maximum atomic E-state index is 12.8. The Kier molecular flexibility index (Phi) is 3.37. The second kappa shape index (κ2) is 5.70. The van der Waals surface area contributed by atoms with E-state index in [2.05, 4.69) is 11.4 Å². The van der Waals surface area contributed by atoms with Crippen LogP contribution < -0.4 is 5.32 Å². The summed E-state index contributed by atoms with van der Waals surface area (Å²) >= 11 is 0. The first-order valence-electron chi connectivity index (χ1n) is 9.16. The number of benzene rings is 2. The molecule has 138 valence electrons. The van der Waals surface area contributed by atoms with Crippen molar-refractivity contribution >= 4 is 44.8 Å². The first-order valence-corrected chi connectivity index (χ1v) is 9.16. The van der Waals surface area contributed by atoms with Crippen LogP contribution in [0, 0.1) is 6.92 Å². The maximum Gasteiger partial charge on any atom is 0.259 e. The van der Waals surface area contributed by atoms with Gasteiger partial charge in [-0.15, -0.1) is 0 Å². The number of aryl methyl sites for hydroxylation is 3. The molecule has 0 spiro atoms. The third kappa shape index (κ3) is 2.19. The summed E-state index contributed by atoms with van der Waals surface area (Å²) in [7, 11) is 3.90. The normalized spacial score (nSPS) is 14.5. The summed E-state index contributed by atoms with van der Waals surface area (Å²) in [4.78, 5) is 25.6. The fourth-order valence-corrected chi connectivity index (χ4v) is 4.20. The minimum atomic E-state index is -0.347. The van der Waals surface area contributed by atoms with Crippen LogP contribution >= 0.6 is 0 Å². The van der Waals surface area contributed by atoms with Gasteiger partial charge in [-0.05, 0) is 24.6 Å². The van der Waals surface area contributed by atoms with Gasteiger partial charge in [0.25, 0.3) is 11.8 Å². The number of rotatable bonds is 2. The zero-order valence-electron chi connectivity index (χ0n) is 15.9. The second-order valence-electron chi connectivity index (χ2n) is 7.38. The van der Waals surface area contributed by atoms with Crippen LogP contribution in [0.4, 0.5) is 0 Å². The summed E-state index contributed by atoms with van der Waals surface area (Å²) in [6, 6.07) is 14.0. The summed E-state index contributed by atoms with van der Waals surface area (Å²) < 4.78 is 3.99. The molecule has 0 atom stereocenters. The second-order valence-corrected chi connectivity index (χ2v) is 7.38. The average Bonchev–Trinajstić information content (AvgIpc) is 3.27. The molecule has 2 aromatic carbocycles. The van der Waals surface area contributed by atoms with Gasteiger partial charge >= 0.3 is 0 Å². The lowest BCUT2D eigenvalue weighted by Gasteiger charge is -2.03. The Bertz CT molecular complexity index is 1350. The first kappa shape index (κ1) is 16.6. The molecule has 28 heavy (non-hydrogen) atoms. The Morgan fingerprint density at radius 2 is 1.32 bits per heavy atom. The van der Waals surface area contributed by atoms with Gasteiger partial charge in [-0.2, -0.15) is 0 Å². The van der Waals surface area contributed by atoms with Crippen LogP contribution in [0.5, 0.6) is 0 Å². The number of fused-ring (bicyclic) bond motifs is 2. The van der Waals surface area contributed by atoms with Crippen LogP contribution in [-0.2, 0) is 23.7 Å². The van der Waals surface area contributed by atoms with Crippen molar-refractivity contribution in [3.63, 3.8) is 0 Å². The summed E-state index contributed by atoms with van der Waals surface area (Å²) in [6.07, 6.45) is 3.86. The molecule has 5 nitrogen and oxygen atoms in total. The highest BCUT2D eigenvalue weighted by atomic mass is 16.2. The monoisotopic (exact) mass is 369 g/mol. The summed E-state index contributed by atoms with van der Waals surface area (Å²) in [5.41, 5.74) is 5.64. The Morgan fingerprint density at radius 3 is 2.00 bits per heavy atom. The molecule has 0 radical (unpaired) electrons. The predicted molar refractivity (Wildman–Crippen MR) is 111 cm³/mol. The van der Waals surface area contributed by atoms with E-state index >= 15 is 0 Å². The smallest absolute Gasteiger partial charge is 0.259 e. The van der Waals surface area contributed by atoms with E-state index in [9.17, 15) is 9.59 Å². The zero-order valence-corrected chi connectivity index (χ0v) is 15.9. The van der Waals surface area contributed by atoms with E-state index in [1.807, 2.05) is 78.9 Å². The van der Waals surface area contributed by atoms with Gasteiger partial charge in [-0.3, -0.25) is 14.9 Å². The molecule has 0 aliphatic carbocycles. The van der Waals surface area contributed by atoms with Crippen LogP contribution in [0.2, 0.25) is 0 Å². The Morgan fingerprint density at radius 1 is 0.750 bits per heavy atom. The van der Waals surface area contributed by atoms with E-state index < -0.39 is 0 Å². The van der Waals surface area contributed by atoms with Crippen molar-refractivity contribution in [3.05, 3.63) is 71.5 Å². The number of nitrogens with zero attached hydrogens (tertiary/aromatic N) is 2. The molecule has 4 aromatic rings. The number of hydrogen-bond acceptors (Lipinski definition) is 2. The number of para-hydroxylation sites is 1. The van der Waals surface area contributed by atoms with Gasteiger partial charge in [-0.1, -0.05) is 30.3 Å². The Hall–Kier alpha value is -3.60. The molecule has 0 unspecified atom stereocenters. The lowest BCUT2D eigenvalue weighted by molar-refractivity contribution is -0.122. The number of imide groups is 1. The van der Waals surface area contributed by atoms with Crippen LogP contribution in [0.15, 0.2) is 54.9 Å². The van der Waals surface area contributed by atoms with Gasteiger partial charge in [0.2, 0.25) is 0 Å². The summed E-state index contributed by atoms with van der Waals surface area (Å²) in [5.74, 6) is -0.693. The van der Waals surface area contributed by atoms with Crippen molar-refractivity contribution in [2.75, 3.05) is 0 Å². The Balaban J connectivity index is 1.87. The van der Waals surface area contributed by atoms with E-state index in [1.165, 1.54) is 0 Å². The lowest BCUT2D eigenvalue weighted by Crippen LogP contribution is -2.22. The fourth-order valence-electron chi connectivity index (χ4n) is 4.20. The van der Waals surface area contributed by atoms with E-state index in [0.717, 1.165) is 38.5 Å². The van der Waals surface area contributed by atoms with Crippen LogP contribution in [0.1, 0.15) is 16.7 Å². The quantitative estimate of drug-likeness (QED) is 0.550. The number of hydrogen-bond donors (Lipinski definition) is 1. The minimum absolute atomic E-state index is 0.346. The molecule has 3 heterocycles. The van der Waals surface area contributed by atoms with Crippen LogP contribution in [0.25, 0.3) is 33.0 Å². The number of carbonyl (C=O) groups is 2. The van der Waals surface area contributed by atoms with Crippen molar-refractivity contribution in [2.45, 2.75) is 6.92 Å². The molecule has 2 amide bonds. The van der Waals surface area contributed by atoms with Crippen LogP contribution in [-0.4, -0.2) is 20.9 Å². The molecule has 1 N–H and O–H groups in total. The molecule has 0 saturated heterocycles. The molecular weight excluding hydrogens is 350 g/mol. The van der Waals surface area contributed by atoms with Crippen molar-refractivity contribution in [1.82, 2.24) is 14.5 Å². The lowest BCUT2D eigenvalue weighted by atomic mass is 9.95. The van der Waals surface area contributed by atoms with Crippen molar-refractivity contribution < 1.29 is 9.59 Å². The number of carbonyl (C=O) groups excluding carboxylic acids is 2. The molecule has 5 heteroatoms. The van der Waals surface area contributed by atoms with Crippen molar-refractivity contribution in [1.29, 1.82) is 0 Å². The molecule has 1 aliphatic rings. The number of aromatic nitrogens is 2. The van der Waals surface area contributed by atoms with Crippen LogP contribution in [0.3, 0.4) is 0 Å². The van der Waals surface area contributed by atoms with E-state index in [-0.39, 0.29) is 11.8 Å². The molecule has 2 aromatic heterocycles.